The molecule has 0 fully saturated rings. The Hall–Kier alpha value is -5.46. The van der Waals surface area contributed by atoms with E-state index < -0.39 is 10.8 Å². The van der Waals surface area contributed by atoms with Gasteiger partial charge in [0.05, 0.1) is 22.6 Å². The largest absolute Gasteiger partial charge is 0.173 e. The van der Waals surface area contributed by atoms with Crippen LogP contribution in [0.4, 0.5) is 0 Å². The first-order valence-electron chi connectivity index (χ1n) is 20.2. The summed E-state index contributed by atoms with van der Waals surface area (Å²) in [6.07, 6.45) is 1.01. The first-order valence-corrected chi connectivity index (χ1v) is 22.6. The second-order valence-electron chi connectivity index (χ2n) is 16.4. The van der Waals surface area contributed by atoms with Gasteiger partial charge >= 0.3 is 0 Å². The fourth-order valence-corrected chi connectivity index (χ4v) is 13.0. The second-order valence-corrected chi connectivity index (χ2v) is 19.3. The molecule has 3 heterocycles. The summed E-state index contributed by atoms with van der Waals surface area (Å²) < 4.78 is 9.60. The van der Waals surface area contributed by atoms with Crippen LogP contribution in [0.2, 0.25) is 0 Å². The lowest BCUT2D eigenvalue weighted by Crippen LogP contribution is -2.30. The van der Waals surface area contributed by atoms with Crippen molar-refractivity contribution in [3.05, 3.63) is 211 Å². The molecule has 2 aliphatic carbocycles. The minimum Gasteiger partial charge on any atom is -0.173 e. The van der Waals surface area contributed by atoms with Crippen molar-refractivity contribution >= 4 is 45.4 Å². The summed E-state index contributed by atoms with van der Waals surface area (Å²) in [4.78, 5) is 5.28. The standard InChI is InChI=1S/C53H42N2S3/c1-7-35-15-23-39(24-16-35)52(36-17-8-30(2)9-18-36)43-28-42-44(27-41(43)50-45(52)26-34(6)56-50)53(37-19-10-31(3)11-20-37,38-21-12-32(4)13-22-38)46-29-47(57-51(42)46)40-25-14-33(5)48-49(40)55-58-54-48/h8-29H,7H2,1-6H3. The van der Waals surface area contributed by atoms with Crippen LogP contribution in [-0.4, -0.2) is 8.75 Å². The number of rotatable bonds is 6. The molecular formula is C53H42N2S3. The summed E-state index contributed by atoms with van der Waals surface area (Å²) in [5, 5.41) is 0. The zero-order valence-electron chi connectivity index (χ0n) is 33.5. The Kier molecular flexibility index (Phi) is 8.01. The SMILES string of the molecule is CCc1ccc(C2(c3ccc(C)cc3)c3cc4c(cc3-c3sc(C)cc32)C(c2ccc(C)cc2)(c2ccc(C)cc2)c2cc(-c3ccc(C)c5nsnc35)sc2-4)cc1. The maximum Gasteiger partial charge on any atom is 0.113 e. The number of hydrogen-bond donors (Lipinski definition) is 0. The van der Waals surface area contributed by atoms with Crippen LogP contribution < -0.4 is 0 Å². The molecule has 6 aromatic carbocycles. The van der Waals surface area contributed by atoms with Crippen molar-refractivity contribution in [1.82, 2.24) is 8.75 Å². The van der Waals surface area contributed by atoms with Gasteiger partial charge in [0.25, 0.3) is 0 Å². The lowest BCUT2D eigenvalue weighted by atomic mass is 9.65. The fourth-order valence-electron chi connectivity index (χ4n) is 10.0. The summed E-state index contributed by atoms with van der Waals surface area (Å²) >= 11 is 5.16. The van der Waals surface area contributed by atoms with E-state index >= 15 is 0 Å². The molecule has 0 radical (unpaired) electrons. The van der Waals surface area contributed by atoms with E-state index in [0.717, 1.165) is 28.6 Å². The first kappa shape index (κ1) is 35.7. The predicted molar refractivity (Wildman–Crippen MR) is 246 cm³/mol. The molecule has 0 saturated heterocycles. The van der Waals surface area contributed by atoms with Gasteiger partial charge in [-0.25, -0.2) is 0 Å². The van der Waals surface area contributed by atoms with Crippen molar-refractivity contribution < 1.29 is 0 Å². The van der Waals surface area contributed by atoms with Crippen molar-refractivity contribution in [2.24, 2.45) is 0 Å². The van der Waals surface area contributed by atoms with Crippen LogP contribution in [0.25, 0.3) is 42.4 Å². The molecule has 3 aromatic heterocycles. The Morgan fingerprint density at radius 2 is 0.914 bits per heavy atom. The van der Waals surface area contributed by atoms with E-state index in [4.69, 9.17) is 8.75 Å². The fraction of sp³-hybridized carbons (Fsp3) is 0.170. The molecule has 0 saturated carbocycles. The van der Waals surface area contributed by atoms with Gasteiger partial charge in [0.15, 0.2) is 0 Å². The Balaban J connectivity index is 1.28. The van der Waals surface area contributed by atoms with Crippen LogP contribution >= 0.6 is 34.4 Å². The highest BCUT2D eigenvalue weighted by molar-refractivity contribution is 7.19. The van der Waals surface area contributed by atoms with Gasteiger partial charge in [-0.1, -0.05) is 133 Å². The lowest BCUT2D eigenvalue weighted by molar-refractivity contribution is 0.759. The highest BCUT2D eigenvalue weighted by atomic mass is 32.1. The van der Waals surface area contributed by atoms with Crippen LogP contribution in [0.5, 0.6) is 0 Å². The third kappa shape index (κ3) is 4.87. The third-order valence-electron chi connectivity index (χ3n) is 13.0. The molecule has 1 atom stereocenters. The minimum absolute atomic E-state index is 0.473. The molecule has 0 bridgehead atoms. The van der Waals surface area contributed by atoms with Crippen molar-refractivity contribution in [2.75, 3.05) is 0 Å². The monoisotopic (exact) mass is 802 g/mol. The Bertz CT molecular complexity index is 3020. The molecule has 2 aliphatic rings. The van der Waals surface area contributed by atoms with E-state index in [1.807, 2.05) is 22.7 Å². The molecule has 1 unspecified atom stereocenters. The molecular weight excluding hydrogens is 761 g/mol. The van der Waals surface area contributed by atoms with Crippen molar-refractivity contribution in [1.29, 1.82) is 0 Å². The van der Waals surface area contributed by atoms with Gasteiger partial charge in [0.2, 0.25) is 0 Å². The van der Waals surface area contributed by atoms with Crippen LogP contribution in [0.15, 0.2) is 133 Å². The van der Waals surface area contributed by atoms with Gasteiger partial charge in [0, 0.05) is 25.1 Å². The van der Waals surface area contributed by atoms with Crippen LogP contribution in [-0.2, 0) is 17.3 Å². The van der Waals surface area contributed by atoms with Crippen molar-refractivity contribution in [3.8, 4) is 31.3 Å². The molecule has 11 rings (SSSR count). The summed E-state index contributed by atoms with van der Waals surface area (Å²) in [6.45, 7) is 13.2. The summed E-state index contributed by atoms with van der Waals surface area (Å²) in [5.74, 6) is 0. The molecule has 9 aromatic rings. The molecule has 0 aliphatic heterocycles. The van der Waals surface area contributed by atoms with E-state index in [0.29, 0.717) is 0 Å². The molecule has 2 nitrogen and oxygen atoms in total. The van der Waals surface area contributed by atoms with E-state index in [2.05, 4.69) is 175 Å². The molecule has 0 spiro atoms. The molecule has 5 heteroatoms. The topological polar surface area (TPSA) is 25.8 Å². The zero-order chi connectivity index (χ0) is 39.5. The van der Waals surface area contributed by atoms with E-state index in [1.165, 1.54) is 109 Å². The minimum atomic E-state index is -0.537. The average molecular weight is 803 g/mol. The number of thiophene rings is 2. The quantitative estimate of drug-likeness (QED) is 0.167. The zero-order valence-corrected chi connectivity index (χ0v) is 36.0. The van der Waals surface area contributed by atoms with Gasteiger partial charge in [0.1, 0.15) is 11.0 Å². The van der Waals surface area contributed by atoms with Gasteiger partial charge in [-0.05, 0) is 132 Å². The van der Waals surface area contributed by atoms with E-state index in [-0.39, 0.29) is 0 Å². The Morgan fingerprint density at radius 3 is 1.43 bits per heavy atom. The predicted octanol–water partition coefficient (Wildman–Crippen LogP) is 14.3. The maximum atomic E-state index is 4.87. The van der Waals surface area contributed by atoms with E-state index in [1.54, 1.807) is 0 Å². The van der Waals surface area contributed by atoms with E-state index in [9.17, 15) is 0 Å². The normalized spacial score (nSPS) is 16.0. The summed E-state index contributed by atoms with van der Waals surface area (Å²) in [6, 6.07) is 52.1. The number of nitrogens with zero attached hydrogens (tertiary/aromatic N) is 2. The number of benzene rings is 6. The Labute approximate surface area is 352 Å². The molecule has 58 heavy (non-hydrogen) atoms. The van der Waals surface area contributed by atoms with Crippen LogP contribution in [0.3, 0.4) is 0 Å². The highest BCUT2D eigenvalue weighted by Crippen LogP contribution is 2.65. The number of aryl methyl sites for hydroxylation is 6. The van der Waals surface area contributed by atoms with Crippen LogP contribution in [0.1, 0.15) is 84.1 Å². The third-order valence-corrected chi connectivity index (χ3v) is 15.8. The highest BCUT2D eigenvalue weighted by Gasteiger charge is 2.52. The Morgan fingerprint density at radius 1 is 0.448 bits per heavy atom. The molecule has 0 N–H and O–H groups in total. The van der Waals surface area contributed by atoms with Gasteiger partial charge in [-0.3, -0.25) is 0 Å². The van der Waals surface area contributed by atoms with Gasteiger partial charge in [-0.15, -0.1) is 22.7 Å². The molecule has 0 amide bonds. The summed E-state index contributed by atoms with van der Waals surface area (Å²) in [7, 11) is 0. The van der Waals surface area contributed by atoms with Crippen LogP contribution in [0, 0.1) is 34.6 Å². The number of fused-ring (bicyclic) bond motifs is 7. The van der Waals surface area contributed by atoms with Crippen molar-refractivity contribution in [3.63, 3.8) is 0 Å². The van der Waals surface area contributed by atoms with Crippen molar-refractivity contribution in [2.45, 2.75) is 58.8 Å². The smallest absolute Gasteiger partial charge is 0.113 e. The summed E-state index contributed by atoms with van der Waals surface area (Å²) in [5.41, 5.74) is 21.8. The molecule has 282 valence electrons. The second kappa shape index (κ2) is 13.0. The lowest BCUT2D eigenvalue weighted by Gasteiger charge is -2.35. The van der Waals surface area contributed by atoms with Gasteiger partial charge in [-0.2, -0.15) is 8.75 Å². The van der Waals surface area contributed by atoms with Gasteiger partial charge < -0.3 is 0 Å². The average Bonchev–Trinajstić information content (AvgIpc) is 4.06. The first-order chi connectivity index (χ1) is 28.2. The number of hydrogen-bond acceptors (Lipinski definition) is 5. The number of aromatic nitrogens is 2. The maximum absolute atomic E-state index is 4.87.